The van der Waals surface area contributed by atoms with E-state index < -0.39 is 0 Å². The predicted octanol–water partition coefficient (Wildman–Crippen LogP) is 4.32. The Hall–Kier alpha value is -2.13. The van der Waals surface area contributed by atoms with Gasteiger partial charge in [-0.3, -0.25) is 9.79 Å². The van der Waals surface area contributed by atoms with Gasteiger partial charge in [-0.15, -0.1) is 0 Å². The van der Waals surface area contributed by atoms with Crippen molar-refractivity contribution in [3.63, 3.8) is 0 Å². The normalized spacial score (nSPS) is 17.5. The fourth-order valence-corrected chi connectivity index (χ4v) is 3.10. The number of fused-ring (bicyclic) bond motifs is 1. The van der Waals surface area contributed by atoms with Crippen LogP contribution in [0, 0.1) is 0 Å². The van der Waals surface area contributed by atoms with Gasteiger partial charge in [-0.1, -0.05) is 48.9 Å². The van der Waals surface area contributed by atoms with E-state index in [0.717, 1.165) is 22.5 Å². The molecule has 1 unspecified atom stereocenters. The molecule has 1 amide bonds. The van der Waals surface area contributed by atoms with Crippen LogP contribution in [0.4, 0.5) is 5.69 Å². The molecule has 1 aliphatic rings. The lowest BCUT2D eigenvalue weighted by molar-refractivity contribution is -0.119. The molecule has 1 atom stereocenters. The zero-order chi connectivity index (χ0) is 16.4. The minimum atomic E-state index is -0.365. The number of amides is 1. The molecule has 0 aliphatic carbocycles. The van der Waals surface area contributed by atoms with Crippen LogP contribution in [0.15, 0.2) is 53.5 Å². The molecule has 0 aromatic heterocycles. The van der Waals surface area contributed by atoms with Gasteiger partial charge in [-0.05, 0) is 31.5 Å². The van der Waals surface area contributed by atoms with Crippen molar-refractivity contribution >= 4 is 28.9 Å². The lowest BCUT2D eigenvalue weighted by Crippen LogP contribution is -2.37. The maximum Gasteiger partial charge on any atom is 0.251 e. The monoisotopic (exact) mass is 326 g/mol. The Labute approximate surface area is 141 Å². The maximum atomic E-state index is 12.8. The molecule has 0 fully saturated rings. The predicted molar refractivity (Wildman–Crippen MR) is 95.6 cm³/mol. The van der Waals surface area contributed by atoms with E-state index >= 15 is 0 Å². The van der Waals surface area contributed by atoms with E-state index in [1.807, 2.05) is 62.4 Å². The van der Waals surface area contributed by atoms with Crippen LogP contribution in [-0.2, 0) is 4.79 Å². The maximum absolute atomic E-state index is 12.8. The van der Waals surface area contributed by atoms with Crippen molar-refractivity contribution in [1.29, 1.82) is 0 Å². The van der Waals surface area contributed by atoms with Crippen LogP contribution >= 0.6 is 11.6 Å². The van der Waals surface area contributed by atoms with E-state index in [2.05, 4.69) is 0 Å². The Morgan fingerprint density at radius 2 is 1.87 bits per heavy atom. The molecule has 4 heteroatoms. The van der Waals surface area contributed by atoms with E-state index in [1.54, 1.807) is 4.90 Å². The standard InChI is InChI=1S/C19H19ClN2O/c1-3-16-19(23)22(4-2)17-11-10-14(20)12-15(17)18(21-16)13-8-6-5-7-9-13/h5-12,16H,3-4H2,1-2H3. The van der Waals surface area contributed by atoms with Crippen molar-refractivity contribution in [3.8, 4) is 0 Å². The number of carbonyl (C=O) groups is 1. The van der Waals surface area contributed by atoms with Crippen LogP contribution in [0.5, 0.6) is 0 Å². The fraction of sp³-hybridized carbons (Fsp3) is 0.263. The molecule has 0 N–H and O–H groups in total. The lowest BCUT2D eigenvalue weighted by atomic mass is 10.00. The number of carbonyl (C=O) groups excluding carboxylic acids is 1. The van der Waals surface area contributed by atoms with Gasteiger partial charge in [-0.25, -0.2) is 0 Å². The number of hydrogen-bond donors (Lipinski definition) is 0. The molecule has 2 aromatic carbocycles. The smallest absolute Gasteiger partial charge is 0.251 e. The van der Waals surface area contributed by atoms with Gasteiger partial charge >= 0.3 is 0 Å². The number of likely N-dealkylation sites (N-methyl/N-ethyl adjacent to an activating group) is 1. The highest BCUT2D eigenvalue weighted by atomic mass is 35.5. The third-order valence-corrected chi connectivity index (χ3v) is 4.33. The van der Waals surface area contributed by atoms with Crippen LogP contribution < -0.4 is 4.90 Å². The van der Waals surface area contributed by atoms with Crippen LogP contribution in [0.2, 0.25) is 5.02 Å². The lowest BCUT2D eigenvalue weighted by Gasteiger charge is -2.23. The Balaban J connectivity index is 2.27. The average Bonchev–Trinajstić information content (AvgIpc) is 2.69. The number of rotatable bonds is 3. The highest BCUT2D eigenvalue weighted by Crippen LogP contribution is 2.31. The largest absolute Gasteiger partial charge is 0.310 e. The molecule has 3 rings (SSSR count). The second kappa shape index (κ2) is 6.55. The summed E-state index contributed by atoms with van der Waals surface area (Å²) in [5.74, 6) is 0.0458. The topological polar surface area (TPSA) is 32.7 Å². The number of nitrogens with zero attached hydrogens (tertiary/aromatic N) is 2. The number of benzodiazepines with no additional fused rings is 1. The van der Waals surface area contributed by atoms with Gasteiger partial charge in [0.05, 0.1) is 11.4 Å². The summed E-state index contributed by atoms with van der Waals surface area (Å²) in [5, 5.41) is 0.644. The van der Waals surface area contributed by atoms with Crippen LogP contribution in [-0.4, -0.2) is 24.2 Å². The number of anilines is 1. The Morgan fingerprint density at radius 3 is 2.52 bits per heavy atom. The van der Waals surface area contributed by atoms with Gasteiger partial charge in [0, 0.05) is 22.7 Å². The quantitative estimate of drug-likeness (QED) is 0.826. The summed E-state index contributed by atoms with van der Waals surface area (Å²) in [6, 6.07) is 15.2. The summed E-state index contributed by atoms with van der Waals surface area (Å²) in [7, 11) is 0. The van der Waals surface area contributed by atoms with Gasteiger partial charge in [0.1, 0.15) is 6.04 Å². The molecule has 1 heterocycles. The molecule has 0 spiro atoms. The highest BCUT2D eigenvalue weighted by molar-refractivity contribution is 6.32. The summed E-state index contributed by atoms with van der Waals surface area (Å²) >= 11 is 6.22. The third kappa shape index (κ3) is 2.89. The van der Waals surface area contributed by atoms with Crippen molar-refractivity contribution in [1.82, 2.24) is 0 Å². The zero-order valence-electron chi connectivity index (χ0n) is 13.3. The Kier molecular flexibility index (Phi) is 4.49. The van der Waals surface area contributed by atoms with Crippen molar-refractivity contribution in [2.24, 2.45) is 4.99 Å². The minimum absolute atomic E-state index is 0.0458. The van der Waals surface area contributed by atoms with Crippen LogP contribution in [0.3, 0.4) is 0 Å². The number of halogens is 1. The summed E-state index contributed by atoms with van der Waals surface area (Å²) < 4.78 is 0. The van der Waals surface area contributed by atoms with Crippen LogP contribution in [0.25, 0.3) is 0 Å². The first-order valence-corrected chi connectivity index (χ1v) is 8.28. The Bertz CT molecular complexity index is 755. The highest BCUT2D eigenvalue weighted by Gasteiger charge is 2.30. The van der Waals surface area contributed by atoms with Gasteiger partial charge < -0.3 is 4.90 Å². The Morgan fingerprint density at radius 1 is 1.13 bits per heavy atom. The summed E-state index contributed by atoms with van der Waals surface area (Å²) in [6.07, 6.45) is 0.674. The van der Waals surface area contributed by atoms with Gasteiger partial charge in [0.25, 0.3) is 5.91 Å². The van der Waals surface area contributed by atoms with Gasteiger partial charge in [-0.2, -0.15) is 0 Å². The molecule has 2 aromatic rings. The van der Waals surface area contributed by atoms with Gasteiger partial charge in [0.15, 0.2) is 0 Å². The van der Waals surface area contributed by atoms with Crippen molar-refractivity contribution in [2.45, 2.75) is 26.3 Å². The van der Waals surface area contributed by atoms with Crippen LogP contribution in [0.1, 0.15) is 31.4 Å². The molecule has 1 aliphatic heterocycles. The SMILES string of the molecule is CCC1N=C(c2ccccc2)c2cc(Cl)ccc2N(CC)C1=O. The van der Waals surface area contributed by atoms with Gasteiger partial charge in [0.2, 0.25) is 0 Å². The molecule has 0 radical (unpaired) electrons. The van der Waals surface area contributed by atoms with E-state index in [1.165, 1.54) is 0 Å². The van der Waals surface area contributed by atoms with E-state index in [4.69, 9.17) is 16.6 Å². The number of benzene rings is 2. The number of aliphatic imine (C=N–C) groups is 1. The van der Waals surface area contributed by atoms with E-state index in [0.29, 0.717) is 18.0 Å². The molecule has 0 saturated heterocycles. The van der Waals surface area contributed by atoms with Crippen molar-refractivity contribution in [3.05, 3.63) is 64.7 Å². The molecular weight excluding hydrogens is 308 g/mol. The molecule has 3 nitrogen and oxygen atoms in total. The second-order valence-corrected chi connectivity index (χ2v) is 5.95. The average molecular weight is 327 g/mol. The molecular formula is C19H19ClN2O. The van der Waals surface area contributed by atoms with E-state index in [-0.39, 0.29) is 11.9 Å². The van der Waals surface area contributed by atoms with Crippen molar-refractivity contribution < 1.29 is 4.79 Å². The van der Waals surface area contributed by atoms with E-state index in [9.17, 15) is 4.79 Å². The summed E-state index contributed by atoms with van der Waals surface area (Å²) in [5.41, 5.74) is 3.62. The first-order chi connectivity index (χ1) is 11.2. The molecule has 118 valence electrons. The molecule has 0 bridgehead atoms. The fourth-order valence-electron chi connectivity index (χ4n) is 2.93. The van der Waals surface area contributed by atoms with Crippen molar-refractivity contribution in [2.75, 3.05) is 11.4 Å². The third-order valence-electron chi connectivity index (χ3n) is 4.09. The molecule has 23 heavy (non-hydrogen) atoms. The summed E-state index contributed by atoms with van der Waals surface area (Å²) in [4.78, 5) is 19.4. The zero-order valence-corrected chi connectivity index (χ0v) is 14.0. The first-order valence-electron chi connectivity index (χ1n) is 7.90. The number of hydrogen-bond acceptors (Lipinski definition) is 2. The molecule has 0 saturated carbocycles. The minimum Gasteiger partial charge on any atom is -0.310 e. The summed E-state index contributed by atoms with van der Waals surface area (Å²) in [6.45, 7) is 4.59. The first kappa shape index (κ1) is 15.8. The second-order valence-electron chi connectivity index (χ2n) is 5.51.